The van der Waals surface area contributed by atoms with Gasteiger partial charge in [-0.2, -0.15) is 0 Å². The van der Waals surface area contributed by atoms with Crippen molar-refractivity contribution < 1.29 is 0 Å². The average molecular weight is 275 g/mol. The fourth-order valence-electron chi connectivity index (χ4n) is 1.12. The van der Waals surface area contributed by atoms with Gasteiger partial charge in [0.15, 0.2) is 0 Å². The molecule has 1 nitrogen and oxygen atoms in total. The van der Waals surface area contributed by atoms with E-state index in [4.69, 9.17) is 0 Å². The van der Waals surface area contributed by atoms with Crippen LogP contribution >= 0.6 is 22.6 Å². The molecule has 0 saturated heterocycles. The number of halogens is 1. The monoisotopic (exact) mass is 275 g/mol. The lowest BCUT2D eigenvalue weighted by molar-refractivity contribution is 0.725. The Kier molecular flexibility index (Phi) is 4.61. The van der Waals surface area contributed by atoms with Gasteiger partial charge in [0.05, 0.1) is 0 Å². The third-order valence-electron chi connectivity index (χ3n) is 1.81. The number of aryl methyl sites for hydroxylation is 1. The zero-order valence-electron chi connectivity index (χ0n) is 7.31. The van der Waals surface area contributed by atoms with Crippen LogP contribution in [0.15, 0.2) is 24.3 Å². The summed E-state index contributed by atoms with van der Waals surface area (Å²) in [5.74, 6) is 0. The second-order valence-electron chi connectivity index (χ2n) is 2.83. The van der Waals surface area contributed by atoms with E-state index in [0.717, 1.165) is 6.54 Å². The average Bonchev–Trinajstić information content (AvgIpc) is 2.09. The van der Waals surface area contributed by atoms with Gasteiger partial charge in [0.2, 0.25) is 0 Å². The van der Waals surface area contributed by atoms with Gasteiger partial charge < -0.3 is 5.32 Å². The minimum atomic E-state index is 1.10. The van der Waals surface area contributed by atoms with Crippen LogP contribution in [0.1, 0.15) is 12.0 Å². The van der Waals surface area contributed by atoms with Crippen LogP contribution in [-0.4, -0.2) is 13.6 Å². The Morgan fingerprint density at radius 1 is 1.25 bits per heavy atom. The predicted octanol–water partition coefficient (Wildman–Crippen LogP) is 2.44. The van der Waals surface area contributed by atoms with Gasteiger partial charge in [-0.05, 0) is 66.7 Å². The molecule has 0 bridgehead atoms. The first-order chi connectivity index (χ1) is 5.83. The molecule has 12 heavy (non-hydrogen) atoms. The fraction of sp³-hybridized carbons (Fsp3) is 0.400. The van der Waals surface area contributed by atoms with E-state index >= 15 is 0 Å². The molecule has 1 aromatic carbocycles. The Labute approximate surface area is 87.7 Å². The standard InChI is InChI=1S/C10H14IN/c1-12-8-2-3-9-4-6-10(11)7-5-9/h4-7,12H,2-3,8H2,1H3. The van der Waals surface area contributed by atoms with Crippen LogP contribution in [0.3, 0.4) is 0 Å². The minimum Gasteiger partial charge on any atom is -0.320 e. The summed E-state index contributed by atoms with van der Waals surface area (Å²) < 4.78 is 1.31. The normalized spacial score (nSPS) is 10.2. The summed E-state index contributed by atoms with van der Waals surface area (Å²) in [6.07, 6.45) is 2.40. The Hall–Kier alpha value is -0.0900. The smallest absolute Gasteiger partial charge is 0.0130 e. The molecule has 0 amide bonds. The molecule has 0 saturated carbocycles. The zero-order chi connectivity index (χ0) is 8.81. The second-order valence-corrected chi connectivity index (χ2v) is 4.08. The molecule has 0 atom stereocenters. The molecule has 66 valence electrons. The SMILES string of the molecule is CNCCCc1ccc(I)cc1. The molecule has 0 radical (unpaired) electrons. The number of nitrogens with one attached hydrogen (secondary N) is 1. The molecule has 0 aliphatic heterocycles. The van der Waals surface area contributed by atoms with Gasteiger partial charge in [0.25, 0.3) is 0 Å². The first kappa shape index (κ1) is 9.99. The highest BCUT2D eigenvalue weighted by atomic mass is 127. The molecule has 1 N–H and O–H groups in total. The number of benzene rings is 1. The van der Waals surface area contributed by atoms with Crippen LogP contribution in [0.2, 0.25) is 0 Å². The molecule has 1 rings (SSSR count). The molecule has 0 heterocycles. The fourth-order valence-corrected chi connectivity index (χ4v) is 1.48. The zero-order valence-corrected chi connectivity index (χ0v) is 9.47. The van der Waals surface area contributed by atoms with Gasteiger partial charge in [-0.25, -0.2) is 0 Å². The summed E-state index contributed by atoms with van der Waals surface area (Å²) in [7, 11) is 1.99. The molecule has 0 fully saturated rings. The molecule has 0 aromatic heterocycles. The summed E-state index contributed by atoms with van der Waals surface area (Å²) >= 11 is 2.33. The van der Waals surface area contributed by atoms with Crippen molar-refractivity contribution in [3.63, 3.8) is 0 Å². The summed E-state index contributed by atoms with van der Waals surface area (Å²) in [5.41, 5.74) is 1.44. The van der Waals surface area contributed by atoms with E-state index in [0.29, 0.717) is 0 Å². The molecule has 0 aliphatic rings. The molecule has 2 heteroatoms. The summed E-state index contributed by atoms with van der Waals surface area (Å²) in [6.45, 7) is 1.10. The highest BCUT2D eigenvalue weighted by Crippen LogP contribution is 2.07. The van der Waals surface area contributed by atoms with Crippen LogP contribution in [0.5, 0.6) is 0 Å². The Morgan fingerprint density at radius 2 is 1.92 bits per heavy atom. The topological polar surface area (TPSA) is 12.0 Å². The summed E-state index contributed by atoms with van der Waals surface area (Å²) in [4.78, 5) is 0. The maximum absolute atomic E-state index is 3.15. The van der Waals surface area contributed by atoms with Crippen molar-refractivity contribution in [2.24, 2.45) is 0 Å². The van der Waals surface area contributed by atoms with E-state index in [1.165, 1.54) is 22.0 Å². The van der Waals surface area contributed by atoms with Gasteiger partial charge >= 0.3 is 0 Å². The van der Waals surface area contributed by atoms with E-state index in [2.05, 4.69) is 52.2 Å². The third kappa shape index (κ3) is 3.54. The van der Waals surface area contributed by atoms with E-state index in [-0.39, 0.29) is 0 Å². The van der Waals surface area contributed by atoms with Gasteiger partial charge in [0.1, 0.15) is 0 Å². The van der Waals surface area contributed by atoms with Crippen LogP contribution in [0, 0.1) is 3.57 Å². The number of rotatable bonds is 4. The van der Waals surface area contributed by atoms with Crippen molar-refractivity contribution in [1.82, 2.24) is 5.32 Å². The van der Waals surface area contributed by atoms with Crippen molar-refractivity contribution in [2.75, 3.05) is 13.6 Å². The third-order valence-corrected chi connectivity index (χ3v) is 2.52. The van der Waals surface area contributed by atoms with Crippen molar-refractivity contribution in [3.8, 4) is 0 Å². The van der Waals surface area contributed by atoms with Crippen LogP contribution in [0.4, 0.5) is 0 Å². The van der Waals surface area contributed by atoms with Gasteiger partial charge in [0, 0.05) is 3.57 Å². The summed E-state index contributed by atoms with van der Waals surface area (Å²) in [5, 5.41) is 3.15. The first-order valence-corrected chi connectivity index (χ1v) is 5.30. The first-order valence-electron chi connectivity index (χ1n) is 4.22. The number of hydrogen-bond donors (Lipinski definition) is 1. The summed E-state index contributed by atoms with van der Waals surface area (Å²) in [6, 6.07) is 8.74. The predicted molar refractivity (Wildman–Crippen MR) is 61.4 cm³/mol. The van der Waals surface area contributed by atoms with Gasteiger partial charge in [-0.3, -0.25) is 0 Å². The van der Waals surface area contributed by atoms with Crippen LogP contribution in [-0.2, 0) is 6.42 Å². The maximum Gasteiger partial charge on any atom is 0.0130 e. The molecule has 0 unspecified atom stereocenters. The lowest BCUT2D eigenvalue weighted by atomic mass is 10.1. The van der Waals surface area contributed by atoms with E-state index in [1.807, 2.05) is 7.05 Å². The molecular formula is C10H14IN. The Bertz CT molecular complexity index is 218. The molecular weight excluding hydrogens is 261 g/mol. The highest BCUT2D eigenvalue weighted by molar-refractivity contribution is 14.1. The van der Waals surface area contributed by atoms with Crippen LogP contribution in [0.25, 0.3) is 0 Å². The lowest BCUT2D eigenvalue weighted by Gasteiger charge is -2.00. The minimum absolute atomic E-state index is 1.10. The van der Waals surface area contributed by atoms with Gasteiger partial charge in [-0.1, -0.05) is 12.1 Å². The van der Waals surface area contributed by atoms with E-state index in [1.54, 1.807) is 0 Å². The van der Waals surface area contributed by atoms with E-state index in [9.17, 15) is 0 Å². The Balaban J connectivity index is 2.37. The highest BCUT2D eigenvalue weighted by Gasteiger charge is 1.91. The van der Waals surface area contributed by atoms with Crippen molar-refractivity contribution >= 4 is 22.6 Å². The van der Waals surface area contributed by atoms with E-state index < -0.39 is 0 Å². The van der Waals surface area contributed by atoms with Crippen molar-refractivity contribution in [3.05, 3.63) is 33.4 Å². The lowest BCUT2D eigenvalue weighted by Crippen LogP contribution is -2.08. The molecule has 1 aromatic rings. The Morgan fingerprint density at radius 3 is 2.50 bits per heavy atom. The largest absolute Gasteiger partial charge is 0.320 e. The van der Waals surface area contributed by atoms with Crippen molar-refractivity contribution in [2.45, 2.75) is 12.8 Å². The molecule has 0 aliphatic carbocycles. The number of hydrogen-bond acceptors (Lipinski definition) is 1. The van der Waals surface area contributed by atoms with Gasteiger partial charge in [-0.15, -0.1) is 0 Å². The van der Waals surface area contributed by atoms with Crippen LogP contribution < -0.4 is 5.32 Å². The molecule has 0 spiro atoms. The van der Waals surface area contributed by atoms with Crippen molar-refractivity contribution in [1.29, 1.82) is 0 Å². The second kappa shape index (κ2) is 5.54. The maximum atomic E-state index is 3.15. The quantitative estimate of drug-likeness (QED) is 0.657.